The van der Waals surface area contributed by atoms with E-state index in [1.54, 1.807) is 16.8 Å². The second-order valence-corrected chi connectivity index (χ2v) is 4.69. The van der Waals surface area contributed by atoms with Gasteiger partial charge in [-0.05, 0) is 36.8 Å². The molecular formula is C16H14FN3. The number of hydrogen-bond donors (Lipinski definition) is 1. The number of hydrogen-bond acceptors (Lipinski definition) is 2. The van der Waals surface area contributed by atoms with Crippen LogP contribution in [0.1, 0.15) is 5.56 Å². The lowest BCUT2D eigenvalue weighted by Crippen LogP contribution is -2.01. The summed E-state index contributed by atoms with van der Waals surface area (Å²) in [4.78, 5) is 0. The van der Waals surface area contributed by atoms with Gasteiger partial charge >= 0.3 is 0 Å². The molecule has 0 atom stereocenters. The normalized spacial score (nSPS) is 10.7. The Hall–Kier alpha value is -2.62. The Morgan fingerprint density at radius 2 is 1.80 bits per heavy atom. The van der Waals surface area contributed by atoms with Crippen molar-refractivity contribution in [2.24, 2.45) is 0 Å². The van der Waals surface area contributed by atoms with Crippen LogP contribution < -0.4 is 5.73 Å². The first-order valence-electron chi connectivity index (χ1n) is 6.32. The van der Waals surface area contributed by atoms with Crippen LogP contribution in [0.15, 0.2) is 54.6 Å². The molecule has 2 N–H and O–H groups in total. The van der Waals surface area contributed by atoms with E-state index in [0.29, 0.717) is 17.1 Å². The number of benzene rings is 2. The minimum absolute atomic E-state index is 0.289. The fraction of sp³-hybridized carbons (Fsp3) is 0.0625. The van der Waals surface area contributed by atoms with Crippen molar-refractivity contribution in [3.8, 4) is 16.9 Å². The molecule has 0 saturated heterocycles. The highest BCUT2D eigenvalue weighted by molar-refractivity contribution is 5.64. The third-order valence-corrected chi connectivity index (χ3v) is 3.14. The van der Waals surface area contributed by atoms with E-state index < -0.39 is 0 Å². The Morgan fingerprint density at radius 1 is 1.05 bits per heavy atom. The van der Waals surface area contributed by atoms with Gasteiger partial charge in [0.1, 0.15) is 11.6 Å². The molecule has 4 heteroatoms. The summed E-state index contributed by atoms with van der Waals surface area (Å²) < 4.78 is 15.6. The van der Waals surface area contributed by atoms with Crippen LogP contribution in [0.5, 0.6) is 0 Å². The zero-order chi connectivity index (χ0) is 14.1. The lowest BCUT2D eigenvalue weighted by atomic mass is 10.1. The van der Waals surface area contributed by atoms with E-state index in [2.05, 4.69) is 5.10 Å². The van der Waals surface area contributed by atoms with E-state index in [-0.39, 0.29) is 5.82 Å². The maximum absolute atomic E-state index is 14.0. The van der Waals surface area contributed by atoms with Crippen LogP contribution >= 0.6 is 0 Å². The first-order valence-corrected chi connectivity index (χ1v) is 6.32. The number of aromatic nitrogens is 2. The molecule has 0 aliphatic heterocycles. The number of rotatable bonds is 2. The maximum atomic E-state index is 14.0. The van der Waals surface area contributed by atoms with Gasteiger partial charge in [0.05, 0.1) is 11.4 Å². The molecule has 3 rings (SSSR count). The highest BCUT2D eigenvalue weighted by Crippen LogP contribution is 2.25. The van der Waals surface area contributed by atoms with Crippen LogP contribution in [0.2, 0.25) is 0 Å². The highest BCUT2D eigenvalue weighted by atomic mass is 19.1. The summed E-state index contributed by atoms with van der Waals surface area (Å²) in [5.41, 5.74) is 8.68. The monoisotopic (exact) mass is 267 g/mol. The van der Waals surface area contributed by atoms with Crippen LogP contribution in [-0.4, -0.2) is 9.78 Å². The predicted octanol–water partition coefficient (Wildman–Crippen LogP) is 3.57. The molecule has 3 nitrogen and oxygen atoms in total. The van der Waals surface area contributed by atoms with Crippen LogP contribution in [0.4, 0.5) is 10.2 Å². The average Bonchev–Trinajstić information content (AvgIpc) is 2.81. The summed E-state index contributed by atoms with van der Waals surface area (Å²) in [6.07, 6.45) is 0. The number of aryl methyl sites for hydroxylation is 1. The van der Waals surface area contributed by atoms with Crippen molar-refractivity contribution >= 4 is 5.82 Å². The van der Waals surface area contributed by atoms with Gasteiger partial charge in [-0.1, -0.05) is 24.3 Å². The van der Waals surface area contributed by atoms with E-state index in [4.69, 9.17) is 5.73 Å². The molecule has 0 bridgehead atoms. The van der Waals surface area contributed by atoms with Crippen molar-refractivity contribution in [1.29, 1.82) is 0 Å². The van der Waals surface area contributed by atoms with E-state index in [9.17, 15) is 4.39 Å². The quantitative estimate of drug-likeness (QED) is 0.771. The highest BCUT2D eigenvalue weighted by Gasteiger charge is 2.12. The number of anilines is 1. The van der Waals surface area contributed by atoms with Gasteiger partial charge in [-0.15, -0.1) is 0 Å². The van der Waals surface area contributed by atoms with Crippen LogP contribution in [0.3, 0.4) is 0 Å². The first kappa shape index (κ1) is 12.4. The molecule has 0 spiro atoms. The van der Waals surface area contributed by atoms with Gasteiger partial charge < -0.3 is 5.73 Å². The molecule has 0 aliphatic rings. The van der Waals surface area contributed by atoms with Gasteiger partial charge in [0, 0.05) is 11.6 Å². The van der Waals surface area contributed by atoms with Crippen molar-refractivity contribution in [3.63, 3.8) is 0 Å². The lowest BCUT2D eigenvalue weighted by Gasteiger charge is -2.03. The lowest BCUT2D eigenvalue weighted by molar-refractivity contribution is 0.629. The topological polar surface area (TPSA) is 43.8 Å². The smallest absolute Gasteiger partial charge is 0.132 e. The second-order valence-electron chi connectivity index (χ2n) is 4.69. The van der Waals surface area contributed by atoms with Crippen molar-refractivity contribution in [2.75, 3.05) is 5.73 Å². The Kier molecular flexibility index (Phi) is 2.99. The molecule has 1 aromatic heterocycles. The van der Waals surface area contributed by atoms with E-state index >= 15 is 0 Å². The minimum atomic E-state index is -0.289. The summed E-state index contributed by atoms with van der Waals surface area (Å²) in [6, 6.07) is 16.3. The molecular weight excluding hydrogens is 253 g/mol. The maximum Gasteiger partial charge on any atom is 0.132 e. The van der Waals surface area contributed by atoms with Gasteiger partial charge in [-0.2, -0.15) is 5.10 Å². The zero-order valence-electron chi connectivity index (χ0n) is 11.0. The number of nitrogen functional groups attached to an aromatic ring is 1. The van der Waals surface area contributed by atoms with E-state index in [0.717, 1.165) is 11.3 Å². The first-order chi connectivity index (χ1) is 9.65. The SMILES string of the molecule is Cc1ccc(-c2cc(N)n(-c3ccccc3)n2)c(F)c1. The number of halogens is 1. The van der Waals surface area contributed by atoms with Crippen LogP contribution in [0, 0.1) is 12.7 Å². The predicted molar refractivity (Wildman–Crippen MR) is 78.1 cm³/mol. The Bertz CT molecular complexity index is 748. The molecule has 20 heavy (non-hydrogen) atoms. The van der Waals surface area contributed by atoms with Crippen molar-refractivity contribution in [3.05, 3.63) is 66.0 Å². The molecule has 0 aliphatic carbocycles. The third-order valence-electron chi connectivity index (χ3n) is 3.14. The van der Waals surface area contributed by atoms with Gasteiger partial charge in [0.25, 0.3) is 0 Å². The number of nitrogens with zero attached hydrogens (tertiary/aromatic N) is 2. The summed E-state index contributed by atoms with van der Waals surface area (Å²) in [5, 5.41) is 4.39. The zero-order valence-corrected chi connectivity index (χ0v) is 11.0. The molecule has 0 amide bonds. The van der Waals surface area contributed by atoms with Crippen molar-refractivity contribution in [2.45, 2.75) is 6.92 Å². The Balaban J connectivity index is 2.09. The van der Waals surface area contributed by atoms with Crippen LogP contribution in [-0.2, 0) is 0 Å². The van der Waals surface area contributed by atoms with Crippen molar-refractivity contribution < 1.29 is 4.39 Å². The summed E-state index contributed by atoms with van der Waals surface area (Å²) >= 11 is 0. The molecule has 0 unspecified atom stereocenters. The fourth-order valence-electron chi connectivity index (χ4n) is 2.13. The molecule has 0 saturated carbocycles. The number of para-hydroxylation sites is 1. The van der Waals surface area contributed by atoms with Gasteiger partial charge in [0.15, 0.2) is 0 Å². The molecule has 3 aromatic rings. The second kappa shape index (κ2) is 4.81. The average molecular weight is 267 g/mol. The Labute approximate surface area is 116 Å². The van der Waals surface area contributed by atoms with Gasteiger partial charge in [0.2, 0.25) is 0 Å². The minimum Gasteiger partial charge on any atom is -0.384 e. The number of nitrogens with two attached hydrogens (primary N) is 1. The molecule has 100 valence electrons. The van der Waals surface area contributed by atoms with E-state index in [1.165, 1.54) is 6.07 Å². The summed E-state index contributed by atoms with van der Waals surface area (Å²) in [7, 11) is 0. The Morgan fingerprint density at radius 3 is 2.50 bits per heavy atom. The molecule has 2 aromatic carbocycles. The van der Waals surface area contributed by atoms with Gasteiger partial charge in [-0.25, -0.2) is 9.07 Å². The summed E-state index contributed by atoms with van der Waals surface area (Å²) in [6.45, 7) is 1.85. The van der Waals surface area contributed by atoms with E-state index in [1.807, 2.05) is 43.3 Å². The fourth-order valence-corrected chi connectivity index (χ4v) is 2.13. The van der Waals surface area contributed by atoms with Gasteiger partial charge in [-0.3, -0.25) is 0 Å². The molecule has 0 fully saturated rings. The van der Waals surface area contributed by atoms with Crippen molar-refractivity contribution in [1.82, 2.24) is 9.78 Å². The standard InChI is InChI=1S/C16H14FN3/c1-11-7-8-13(14(17)9-11)15-10-16(18)20(19-15)12-5-3-2-4-6-12/h2-10H,18H2,1H3. The van der Waals surface area contributed by atoms with Crippen LogP contribution in [0.25, 0.3) is 16.9 Å². The summed E-state index contributed by atoms with van der Waals surface area (Å²) in [5.74, 6) is 0.189. The largest absolute Gasteiger partial charge is 0.384 e. The molecule has 0 radical (unpaired) electrons. The third kappa shape index (κ3) is 2.16. The molecule has 1 heterocycles.